The molecule has 1 aliphatic heterocycles. The molecule has 0 radical (unpaired) electrons. The van der Waals surface area contributed by atoms with Crippen molar-refractivity contribution < 1.29 is 13.2 Å². The molecule has 0 spiro atoms. The fourth-order valence-electron chi connectivity index (χ4n) is 2.41. The number of sulfonamides is 1. The van der Waals surface area contributed by atoms with E-state index in [2.05, 4.69) is 14.6 Å². The fourth-order valence-corrected chi connectivity index (χ4v) is 5.56. The fraction of sp³-hybridized carbons (Fsp3) is 0.533. The normalized spacial score (nSPS) is 16.5. The van der Waals surface area contributed by atoms with Crippen LogP contribution in [0, 0.1) is 0 Å². The summed E-state index contributed by atoms with van der Waals surface area (Å²) < 4.78 is 33.0. The zero-order valence-electron chi connectivity index (χ0n) is 13.5. The molecule has 3 heterocycles. The largest absolute Gasteiger partial charge is 0.379 e. The number of aromatic nitrogens is 1. The lowest BCUT2D eigenvalue weighted by molar-refractivity contribution is 0.0337. The van der Waals surface area contributed by atoms with Crippen LogP contribution in [0.5, 0.6) is 0 Å². The van der Waals surface area contributed by atoms with Crippen LogP contribution in [0.15, 0.2) is 21.7 Å². The van der Waals surface area contributed by atoms with Crippen LogP contribution < -0.4 is 4.72 Å². The monoisotopic (exact) mass is 387 g/mol. The second-order valence-corrected chi connectivity index (χ2v) is 9.62. The van der Waals surface area contributed by atoms with Crippen molar-refractivity contribution in [2.24, 2.45) is 0 Å². The minimum atomic E-state index is -3.46. The van der Waals surface area contributed by atoms with Gasteiger partial charge >= 0.3 is 0 Å². The van der Waals surface area contributed by atoms with Gasteiger partial charge in [0.15, 0.2) is 0 Å². The number of nitrogens with one attached hydrogen (secondary N) is 1. The van der Waals surface area contributed by atoms with Gasteiger partial charge in [-0.25, -0.2) is 18.1 Å². The van der Waals surface area contributed by atoms with Crippen LogP contribution in [0.1, 0.15) is 22.5 Å². The number of hydrogen-bond donors (Lipinski definition) is 1. The van der Waals surface area contributed by atoms with E-state index in [-0.39, 0.29) is 6.54 Å². The minimum absolute atomic E-state index is 0.232. The van der Waals surface area contributed by atoms with Gasteiger partial charge in [0.2, 0.25) is 10.0 Å². The summed E-state index contributed by atoms with van der Waals surface area (Å²) in [5.74, 6) is 0. The number of thiazole rings is 1. The third-order valence-corrected chi connectivity index (χ3v) is 7.77. The molecule has 132 valence electrons. The molecule has 6 nitrogen and oxygen atoms in total. The van der Waals surface area contributed by atoms with E-state index >= 15 is 0 Å². The average Bonchev–Trinajstić information content (AvgIpc) is 3.23. The summed E-state index contributed by atoms with van der Waals surface area (Å²) in [5, 5.41) is 2.79. The van der Waals surface area contributed by atoms with Crippen molar-refractivity contribution in [1.29, 1.82) is 0 Å². The Bertz CT molecular complexity index is 764. The maximum absolute atomic E-state index is 12.3. The first-order chi connectivity index (χ1) is 11.6. The van der Waals surface area contributed by atoms with Crippen LogP contribution in [0.4, 0.5) is 0 Å². The predicted molar refractivity (Wildman–Crippen MR) is 95.9 cm³/mol. The predicted octanol–water partition coefficient (Wildman–Crippen LogP) is 2.08. The molecular weight excluding hydrogens is 366 g/mol. The van der Waals surface area contributed by atoms with E-state index in [1.54, 1.807) is 6.07 Å². The number of hydrogen-bond acceptors (Lipinski definition) is 7. The van der Waals surface area contributed by atoms with Gasteiger partial charge in [0.05, 0.1) is 25.5 Å². The van der Waals surface area contributed by atoms with E-state index in [9.17, 15) is 8.42 Å². The lowest BCUT2D eigenvalue weighted by Gasteiger charge is -2.25. The first kappa shape index (κ1) is 18.0. The maximum Gasteiger partial charge on any atom is 0.250 e. The smallest absolute Gasteiger partial charge is 0.250 e. The Morgan fingerprint density at radius 2 is 2.12 bits per heavy atom. The Kier molecular flexibility index (Phi) is 6.01. The van der Waals surface area contributed by atoms with Gasteiger partial charge in [-0.2, -0.15) is 0 Å². The number of rotatable bonds is 7. The Morgan fingerprint density at radius 3 is 2.83 bits per heavy atom. The van der Waals surface area contributed by atoms with Crippen LogP contribution in [0.25, 0.3) is 0 Å². The molecule has 1 N–H and O–H groups in total. The van der Waals surface area contributed by atoms with Crippen molar-refractivity contribution in [3.05, 3.63) is 33.1 Å². The standard InChI is InChI=1S/C15H21N3O3S3/c1-2-13-3-4-15(23-13)24(19,20)16-9-14-17-12(11-22-14)10-18-5-7-21-8-6-18/h3-4,11,16H,2,5-10H2,1H3. The van der Waals surface area contributed by atoms with Crippen molar-refractivity contribution in [2.75, 3.05) is 26.3 Å². The molecule has 0 aromatic carbocycles. The molecule has 1 fully saturated rings. The Morgan fingerprint density at radius 1 is 1.33 bits per heavy atom. The van der Waals surface area contributed by atoms with Gasteiger partial charge in [0.1, 0.15) is 9.22 Å². The van der Waals surface area contributed by atoms with Crippen molar-refractivity contribution in [2.45, 2.75) is 30.6 Å². The molecule has 0 unspecified atom stereocenters. The summed E-state index contributed by atoms with van der Waals surface area (Å²) >= 11 is 2.81. The highest BCUT2D eigenvalue weighted by Gasteiger charge is 2.17. The van der Waals surface area contributed by atoms with Crippen molar-refractivity contribution in [3.63, 3.8) is 0 Å². The molecule has 9 heteroatoms. The number of thiophene rings is 1. The summed E-state index contributed by atoms with van der Waals surface area (Å²) in [6, 6.07) is 3.53. The second kappa shape index (κ2) is 8.03. The highest BCUT2D eigenvalue weighted by atomic mass is 32.2. The molecular formula is C15H21N3O3S3. The topological polar surface area (TPSA) is 71.5 Å². The van der Waals surface area contributed by atoms with Crippen LogP contribution >= 0.6 is 22.7 Å². The van der Waals surface area contributed by atoms with Crippen LogP contribution in [0.2, 0.25) is 0 Å². The van der Waals surface area contributed by atoms with E-state index in [1.165, 1.54) is 22.7 Å². The van der Waals surface area contributed by atoms with Gasteiger partial charge in [-0.15, -0.1) is 22.7 Å². The van der Waals surface area contributed by atoms with Crippen LogP contribution in [0.3, 0.4) is 0 Å². The summed E-state index contributed by atoms with van der Waals surface area (Å²) in [5.41, 5.74) is 0.987. The number of nitrogens with zero attached hydrogens (tertiary/aromatic N) is 2. The van der Waals surface area contributed by atoms with E-state index in [0.717, 1.165) is 54.8 Å². The molecule has 24 heavy (non-hydrogen) atoms. The zero-order valence-corrected chi connectivity index (χ0v) is 16.0. The van der Waals surface area contributed by atoms with Crippen molar-refractivity contribution in [3.8, 4) is 0 Å². The average molecular weight is 388 g/mol. The summed E-state index contributed by atoms with van der Waals surface area (Å²) in [6.45, 7) is 6.39. The van der Waals surface area contributed by atoms with Gasteiger partial charge < -0.3 is 4.74 Å². The van der Waals surface area contributed by atoms with E-state index in [0.29, 0.717) is 4.21 Å². The molecule has 0 aliphatic carbocycles. The summed E-state index contributed by atoms with van der Waals surface area (Å²) in [7, 11) is -3.46. The highest BCUT2D eigenvalue weighted by Crippen LogP contribution is 2.22. The first-order valence-corrected chi connectivity index (χ1v) is 11.1. The molecule has 3 rings (SSSR count). The summed E-state index contributed by atoms with van der Waals surface area (Å²) in [6.07, 6.45) is 0.845. The van der Waals surface area contributed by atoms with Gasteiger partial charge in [-0.05, 0) is 18.6 Å². The minimum Gasteiger partial charge on any atom is -0.379 e. The zero-order chi connectivity index (χ0) is 17.0. The Labute approximate surface area is 150 Å². The van der Waals surface area contributed by atoms with E-state index in [4.69, 9.17) is 4.74 Å². The second-order valence-electron chi connectivity index (χ2n) is 5.52. The first-order valence-electron chi connectivity index (χ1n) is 7.88. The highest BCUT2D eigenvalue weighted by molar-refractivity contribution is 7.91. The van der Waals surface area contributed by atoms with Crippen molar-refractivity contribution in [1.82, 2.24) is 14.6 Å². The van der Waals surface area contributed by atoms with Gasteiger partial charge in [-0.3, -0.25) is 4.90 Å². The number of aryl methyl sites for hydroxylation is 1. The molecule has 0 amide bonds. The number of morpholine rings is 1. The number of ether oxygens (including phenoxy) is 1. The maximum atomic E-state index is 12.3. The van der Waals surface area contributed by atoms with E-state index < -0.39 is 10.0 Å². The van der Waals surface area contributed by atoms with Crippen LogP contribution in [-0.2, 0) is 34.3 Å². The summed E-state index contributed by atoms with van der Waals surface area (Å²) in [4.78, 5) is 7.90. The molecule has 1 aliphatic rings. The van der Waals surface area contributed by atoms with Gasteiger partial charge in [-0.1, -0.05) is 6.92 Å². The third-order valence-electron chi connectivity index (χ3n) is 3.75. The van der Waals surface area contributed by atoms with Crippen molar-refractivity contribution >= 4 is 32.7 Å². The van der Waals surface area contributed by atoms with Gasteiger partial charge in [0.25, 0.3) is 0 Å². The SMILES string of the molecule is CCc1ccc(S(=O)(=O)NCc2nc(CN3CCOCC3)cs2)s1. The Hall–Kier alpha value is -0.840. The lowest BCUT2D eigenvalue weighted by atomic mass is 10.3. The quantitative estimate of drug-likeness (QED) is 0.788. The Balaban J connectivity index is 1.56. The molecule has 0 atom stereocenters. The van der Waals surface area contributed by atoms with Gasteiger partial charge in [0, 0.05) is 29.9 Å². The molecule has 2 aromatic heterocycles. The molecule has 2 aromatic rings. The molecule has 0 bridgehead atoms. The molecule has 1 saturated heterocycles. The lowest BCUT2D eigenvalue weighted by Crippen LogP contribution is -2.35. The van der Waals surface area contributed by atoms with Crippen LogP contribution in [-0.4, -0.2) is 44.6 Å². The molecule has 0 saturated carbocycles. The van der Waals surface area contributed by atoms with E-state index in [1.807, 2.05) is 18.4 Å². The third kappa shape index (κ3) is 4.62.